The third-order valence-corrected chi connectivity index (χ3v) is 2.13. The van der Waals surface area contributed by atoms with E-state index in [-0.39, 0.29) is 11.7 Å². The number of hydrogen-bond donors (Lipinski definition) is 2. The molecule has 1 aromatic heterocycles. The molecule has 82 valence electrons. The van der Waals surface area contributed by atoms with Gasteiger partial charge < -0.3 is 10.1 Å². The van der Waals surface area contributed by atoms with Crippen LogP contribution in [0.5, 0.6) is 0 Å². The fourth-order valence-corrected chi connectivity index (χ4v) is 1.11. The lowest BCUT2D eigenvalue weighted by atomic mass is 10.5. The number of hydrogen-bond acceptors (Lipinski definition) is 5. The molecule has 1 aliphatic rings. The van der Waals surface area contributed by atoms with Crippen molar-refractivity contribution in [3.05, 3.63) is 5.82 Å². The fraction of sp³-hybridized carbons (Fsp3) is 0.750. The summed E-state index contributed by atoms with van der Waals surface area (Å²) in [6.45, 7) is 1.80. The molecule has 1 aliphatic carbocycles. The van der Waals surface area contributed by atoms with Crippen LogP contribution in [0.15, 0.2) is 0 Å². The number of carbonyl (C=O) groups is 1. The summed E-state index contributed by atoms with van der Waals surface area (Å²) < 4.78 is 5.35. The highest BCUT2D eigenvalue weighted by atomic mass is 16.5. The van der Waals surface area contributed by atoms with Crippen LogP contribution in [0.3, 0.4) is 0 Å². The summed E-state index contributed by atoms with van der Waals surface area (Å²) >= 11 is 0. The van der Waals surface area contributed by atoms with E-state index in [0.29, 0.717) is 13.2 Å². The number of nitrogens with zero attached hydrogens (tertiary/aromatic N) is 3. The van der Waals surface area contributed by atoms with Crippen molar-refractivity contribution in [1.29, 1.82) is 0 Å². The highest BCUT2D eigenvalue weighted by molar-refractivity contribution is 5.89. The maximum absolute atomic E-state index is 11.3. The van der Waals surface area contributed by atoms with E-state index in [1.807, 2.05) is 0 Å². The largest absolute Gasteiger partial charge is 0.379 e. The zero-order chi connectivity index (χ0) is 10.5. The van der Waals surface area contributed by atoms with Crippen molar-refractivity contribution in [1.82, 2.24) is 25.9 Å². The summed E-state index contributed by atoms with van der Waals surface area (Å²) in [6.07, 6.45) is 2.55. The Morgan fingerprint density at radius 2 is 2.47 bits per heavy atom. The number of aromatic nitrogens is 4. The minimum Gasteiger partial charge on any atom is -0.379 e. The van der Waals surface area contributed by atoms with Crippen LogP contribution >= 0.6 is 0 Å². The Labute approximate surface area is 86.6 Å². The number of aromatic amines is 1. The van der Waals surface area contributed by atoms with Crippen molar-refractivity contribution in [2.24, 2.45) is 5.92 Å². The van der Waals surface area contributed by atoms with Gasteiger partial charge in [-0.05, 0) is 24.0 Å². The Hall–Kier alpha value is -1.50. The molecule has 2 rings (SSSR count). The first kappa shape index (κ1) is 10.0. The van der Waals surface area contributed by atoms with E-state index in [0.717, 1.165) is 12.5 Å². The van der Waals surface area contributed by atoms with Gasteiger partial charge in [-0.1, -0.05) is 0 Å². The van der Waals surface area contributed by atoms with E-state index < -0.39 is 0 Å². The average Bonchev–Trinajstić information content (AvgIpc) is 2.90. The van der Waals surface area contributed by atoms with Gasteiger partial charge in [0.05, 0.1) is 6.61 Å². The predicted octanol–water partition coefficient (Wildman–Crippen LogP) is -0.644. The van der Waals surface area contributed by atoms with Crippen LogP contribution in [0, 0.1) is 5.92 Å². The SMILES string of the molecule is O=C(NCCOCC1CC1)c1nn[nH]n1. The van der Waals surface area contributed by atoms with Crippen LogP contribution in [-0.2, 0) is 4.74 Å². The van der Waals surface area contributed by atoms with Gasteiger partial charge in [-0.3, -0.25) is 4.79 Å². The molecule has 0 unspecified atom stereocenters. The molecule has 0 aromatic carbocycles. The van der Waals surface area contributed by atoms with Crippen LogP contribution in [0.2, 0.25) is 0 Å². The molecule has 0 spiro atoms. The van der Waals surface area contributed by atoms with Gasteiger partial charge in [-0.15, -0.1) is 10.2 Å². The third-order valence-electron chi connectivity index (χ3n) is 2.13. The second kappa shape index (κ2) is 4.83. The number of carbonyl (C=O) groups excluding carboxylic acids is 1. The molecule has 1 fully saturated rings. The van der Waals surface area contributed by atoms with Crippen LogP contribution < -0.4 is 5.32 Å². The number of amides is 1. The Morgan fingerprint density at radius 1 is 1.60 bits per heavy atom. The second-order valence-corrected chi connectivity index (χ2v) is 3.51. The standard InChI is InChI=1S/C8H13N5O2/c14-8(7-10-12-13-11-7)9-3-4-15-5-6-1-2-6/h6H,1-5H2,(H,9,14)(H,10,11,12,13). The lowest BCUT2D eigenvalue weighted by Gasteiger charge is -2.03. The summed E-state index contributed by atoms with van der Waals surface area (Å²) in [7, 11) is 0. The summed E-state index contributed by atoms with van der Waals surface area (Å²) in [5, 5.41) is 15.2. The predicted molar refractivity (Wildman–Crippen MR) is 50.1 cm³/mol. The van der Waals surface area contributed by atoms with Crippen molar-refractivity contribution < 1.29 is 9.53 Å². The highest BCUT2D eigenvalue weighted by Crippen LogP contribution is 2.28. The molecule has 15 heavy (non-hydrogen) atoms. The van der Waals surface area contributed by atoms with Gasteiger partial charge in [0.2, 0.25) is 0 Å². The highest BCUT2D eigenvalue weighted by Gasteiger charge is 2.20. The maximum Gasteiger partial charge on any atom is 0.292 e. The smallest absolute Gasteiger partial charge is 0.292 e. The first-order valence-corrected chi connectivity index (χ1v) is 4.95. The Kier molecular flexibility index (Phi) is 3.23. The molecule has 0 bridgehead atoms. The van der Waals surface area contributed by atoms with Crippen molar-refractivity contribution in [2.75, 3.05) is 19.8 Å². The zero-order valence-corrected chi connectivity index (χ0v) is 8.27. The monoisotopic (exact) mass is 211 g/mol. The van der Waals surface area contributed by atoms with Gasteiger partial charge in [0.15, 0.2) is 0 Å². The van der Waals surface area contributed by atoms with Crippen LogP contribution in [0.1, 0.15) is 23.5 Å². The van der Waals surface area contributed by atoms with E-state index in [1.165, 1.54) is 12.8 Å². The molecule has 1 amide bonds. The van der Waals surface area contributed by atoms with Gasteiger partial charge in [0.25, 0.3) is 11.7 Å². The van der Waals surface area contributed by atoms with Crippen molar-refractivity contribution >= 4 is 5.91 Å². The molecule has 2 N–H and O–H groups in total. The molecule has 1 saturated carbocycles. The molecular formula is C8H13N5O2. The molecule has 0 aliphatic heterocycles. The van der Waals surface area contributed by atoms with E-state index in [2.05, 4.69) is 25.9 Å². The van der Waals surface area contributed by atoms with E-state index in [9.17, 15) is 4.79 Å². The number of nitrogens with one attached hydrogen (secondary N) is 2. The molecule has 1 heterocycles. The van der Waals surface area contributed by atoms with Crippen molar-refractivity contribution in [3.63, 3.8) is 0 Å². The summed E-state index contributed by atoms with van der Waals surface area (Å²) in [6, 6.07) is 0. The van der Waals surface area contributed by atoms with Gasteiger partial charge >= 0.3 is 0 Å². The van der Waals surface area contributed by atoms with Crippen molar-refractivity contribution in [2.45, 2.75) is 12.8 Å². The average molecular weight is 211 g/mol. The lowest BCUT2D eigenvalue weighted by Crippen LogP contribution is -2.28. The molecule has 7 heteroatoms. The zero-order valence-electron chi connectivity index (χ0n) is 8.27. The summed E-state index contributed by atoms with van der Waals surface area (Å²) in [5.41, 5.74) is 0. The van der Waals surface area contributed by atoms with Crippen LogP contribution in [0.4, 0.5) is 0 Å². The summed E-state index contributed by atoms with van der Waals surface area (Å²) in [4.78, 5) is 11.3. The van der Waals surface area contributed by atoms with Gasteiger partial charge in [0, 0.05) is 13.2 Å². The van der Waals surface area contributed by atoms with Gasteiger partial charge in [-0.2, -0.15) is 5.21 Å². The first-order chi connectivity index (χ1) is 7.36. The number of ether oxygens (including phenoxy) is 1. The maximum atomic E-state index is 11.3. The lowest BCUT2D eigenvalue weighted by molar-refractivity contribution is 0.0897. The normalized spacial score (nSPS) is 15.2. The van der Waals surface area contributed by atoms with E-state index >= 15 is 0 Å². The second-order valence-electron chi connectivity index (χ2n) is 3.51. The molecule has 1 aromatic rings. The van der Waals surface area contributed by atoms with E-state index in [4.69, 9.17) is 4.74 Å². The summed E-state index contributed by atoms with van der Waals surface area (Å²) in [5.74, 6) is 0.467. The fourth-order valence-electron chi connectivity index (χ4n) is 1.11. The number of rotatable bonds is 6. The number of H-pyrrole nitrogens is 1. The van der Waals surface area contributed by atoms with Crippen molar-refractivity contribution in [3.8, 4) is 0 Å². The molecule has 0 saturated heterocycles. The Bertz CT molecular complexity index is 309. The number of tetrazole rings is 1. The molecule has 0 radical (unpaired) electrons. The minimum atomic E-state index is -0.334. The van der Waals surface area contributed by atoms with Gasteiger partial charge in [-0.25, -0.2) is 0 Å². The minimum absolute atomic E-state index is 0.0530. The van der Waals surface area contributed by atoms with Crippen LogP contribution in [0.25, 0.3) is 0 Å². The van der Waals surface area contributed by atoms with Crippen LogP contribution in [-0.4, -0.2) is 46.3 Å². The first-order valence-electron chi connectivity index (χ1n) is 4.95. The van der Waals surface area contributed by atoms with Gasteiger partial charge in [0.1, 0.15) is 0 Å². The Balaban J connectivity index is 1.55. The Morgan fingerprint density at radius 3 is 3.13 bits per heavy atom. The molecule has 0 atom stereocenters. The third kappa shape index (κ3) is 3.28. The topological polar surface area (TPSA) is 92.8 Å². The quantitative estimate of drug-likeness (QED) is 0.610. The molecular weight excluding hydrogens is 198 g/mol. The molecule has 7 nitrogen and oxygen atoms in total. The van der Waals surface area contributed by atoms with E-state index in [1.54, 1.807) is 0 Å².